The largest absolute Gasteiger partial charge is 0.349 e. The Kier molecular flexibility index (Phi) is 7.36. The van der Waals surface area contributed by atoms with Crippen LogP contribution in [0, 0.1) is 5.82 Å². The van der Waals surface area contributed by atoms with Crippen molar-refractivity contribution in [3.8, 4) is 0 Å². The van der Waals surface area contributed by atoms with Gasteiger partial charge in [0.1, 0.15) is 5.82 Å². The molecule has 0 saturated carbocycles. The predicted octanol–water partition coefficient (Wildman–Crippen LogP) is 3.05. The Labute approximate surface area is 161 Å². The number of amides is 2. The van der Waals surface area contributed by atoms with E-state index in [0.717, 1.165) is 25.9 Å². The van der Waals surface area contributed by atoms with E-state index in [9.17, 15) is 14.0 Å². The Morgan fingerprint density at radius 2 is 1.56 bits per heavy atom. The van der Waals surface area contributed by atoms with Crippen LogP contribution in [0.3, 0.4) is 0 Å². The summed E-state index contributed by atoms with van der Waals surface area (Å²) in [5.74, 6) is -0.368. The minimum atomic E-state index is -0.352. The summed E-state index contributed by atoms with van der Waals surface area (Å²) in [7, 11) is 0. The van der Waals surface area contributed by atoms with Crippen LogP contribution in [-0.4, -0.2) is 58.9 Å². The summed E-state index contributed by atoms with van der Waals surface area (Å²) in [5, 5.41) is 3.02. The summed E-state index contributed by atoms with van der Waals surface area (Å²) >= 11 is 0. The Balaban J connectivity index is 1.88. The first-order valence-corrected chi connectivity index (χ1v) is 9.83. The summed E-state index contributed by atoms with van der Waals surface area (Å²) in [6, 6.07) is 5.83. The molecule has 1 atom stereocenters. The molecular formula is C21H32FN3O2. The van der Waals surface area contributed by atoms with E-state index in [1.807, 2.05) is 39.5 Å². The van der Waals surface area contributed by atoms with E-state index in [1.165, 1.54) is 24.3 Å². The summed E-state index contributed by atoms with van der Waals surface area (Å²) in [5.41, 5.74) is 0.465. The molecule has 0 aliphatic carbocycles. The molecule has 1 saturated heterocycles. The van der Waals surface area contributed by atoms with Crippen molar-refractivity contribution in [3.05, 3.63) is 35.6 Å². The molecule has 5 nitrogen and oxygen atoms in total. The second kappa shape index (κ2) is 9.31. The van der Waals surface area contributed by atoms with E-state index in [-0.39, 0.29) is 41.8 Å². The fraction of sp³-hybridized carbons (Fsp3) is 0.619. The lowest BCUT2D eigenvalue weighted by Gasteiger charge is -2.40. The monoisotopic (exact) mass is 377 g/mol. The lowest BCUT2D eigenvalue weighted by molar-refractivity contribution is -0.140. The lowest BCUT2D eigenvalue weighted by atomic mass is 10.0. The third-order valence-electron chi connectivity index (χ3n) is 5.24. The summed E-state index contributed by atoms with van der Waals surface area (Å²) in [6.07, 6.45) is 1.60. The number of carbonyl (C=O) groups excluding carboxylic acids is 2. The molecule has 2 rings (SSSR count). The number of carbonyl (C=O) groups is 2. The van der Waals surface area contributed by atoms with Crippen molar-refractivity contribution in [2.24, 2.45) is 0 Å². The number of nitrogens with one attached hydrogen (secondary N) is 1. The van der Waals surface area contributed by atoms with Gasteiger partial charge in [-0.3, -0.25) is 14.5 Å². The number of hydrogen-bond acceptors (Lipinski definition) is 3. The second-order valence-electron chi connectivity index (χ2n) is 7.90. The van der Waals surface area contributed by atoms with Crippen LogP contribution >= 0.6 is 0 Å². The average Bonchev–Trinajstić information content (AvgIpc) is 2.61. The SMILES string of the molecule is CC(C(=O)N(C(C)C)C(C)C)N1CCC(NC(=O)c2ccc(F)cc2)CC1. The van der Waals surface area contributed by atoms with Gasteiger partial charge in [0.2, 0.25) is 5.91 Å². The molecule has 2 amide bonds. The van der Waals surface area contributed by atoms with Gasteiger partial charge >= 0.3 is 0 Å². The predicted molar refractivity (Wildman–Crippen MR) is 105 cm³/mol. The lowest BCUT2D eigenvalue weighted by Crippen LogP contribution is -2.55. The Morgan fingerprint density at radius 3 is 2.04 bits per heavy atom. The van der Waals surface area contributed by atoms with Crippen LogP contribution in [-0.2, 0) is 4.79 Å². The Hall–Kier alpha value is -1.95. The van der Waals surface area contributed by atoms with E-state index < -0.39 is 0 Å². The Bertz CT molecular complexity index is 629. The maximum Gasteiger partial charge on any atom is 0.251 e. The smallest absolute Gasteiger partial charge is 0.251 e. The number of benzene rings is 1. The molecule has 0 spiro atoms. The topological polar surface area (TPSA) is 52.7 Å². The average molecular weight is 378 g/mol. The number of rotatable bonds is 6. The third kappa shape index (κ3) is 5.51. The van der Waals surface area contributed by atoms with Crippen molar-refractivity contribution >= 4 is 11.8 Å². The summed E-state index contributed by atoms with van der Waals surface area (Å²) in [4.78, 5) is 29.3. The highest BCUT2D eigenvalue weighted by Crippen LogP contribution is 2.17. The van der Waals surface area contributed by atoms with Gasteiger partial charge in [0.15, 0.2) is 0 Å². The highest BCUT2D eigenvalue weighted by Gasteiger charge is 2.31. The molecule has 1 unspecified atom stereocenters. The van der Waals surface area contributed by atoms with Crippen molar-refractivity contribution < 1.29 is 14.0 Å². The van der Waals surface area contributed by atoms with Crippen molar-refractivity contribution in [1.82, 2.24) is 15.1 Å². The molecule has 0 radical (unpaired) electrons. The third-order valence-corrected chi connectivity index (χ3v) is 5.24. The van der Waals surface area contributed by atoms with Gasteiger partial charge in [-0.2, -0.15) is 0 Å². The van der Waals surface area contributed by atoms with Crippen LogP contribution in [0.4, 0.5) is 4.39 Å². The molecule has 27 heavy (non-hydrogen) atoms. The van der Waals surface area contributed by atoms with Gasteiger partial charge in [-0.15, -0.1) is 0 Å². The first kappa shape index (κ1) is 21.4. The zero-order valence-electron chi connectivity index (χ0n) is 17.0. The molecule has 1 aromatic rings. The zero-order chi connectivity index (χ0) is 20.1. The maximum atomic E-state index is 13.0. The number of halogens is 1. The van der Waals surface area contributed by atoms with Gasteiger partial charge < -0.3 is 10.2 Å². The van der Waals surface area contributed by atoms with Crippen molar-refractivity contribution in [2.45, 2.75) is 71.6 Å². The standard InChI is InChI=1S/C21H32FN3O2/c1-14(2)25(15(3)4)21(27)16(5)24-12-10-19(11-13-24)23-20(26)17-6-8-18(22)9-7-17/h6-9,14-16,19H,10-13H2,1-5H3,(H,23,26). The van der Waals surface area contributed by atoms with E-state index in [1.54, 1.807) is 0 Å². The highest BCUT2D eigenvalue weighted by molar-refractivity contribution is 5.94. The number of nitrogens with zero attached hydrogens (tertiary/aromatic N) is 2. The van der Waals surface area contributed by atoms with E-state index >= 15 is 0 Å². The minimum absolute atomic E-state index is 0.0763. The number of likely N-dealkylation sites (tertiary alicyclic amines) is 1. The van der Waals surface area contributed by atoms with Gasteiger partial charge in [0.05, 0.1) is 6.04 Å². The van der Waals surface area contributed by atoms with Crippen LogP contribution in [0.5, 0.6) is 0 Å². The molecule has 1 heterocycles. The van der Waals surface area contributed by atoms with Crippen molar-refractivity contribution in [2.75, 3.05) is 13.1 Å². The van der Waals surface area contributed by atoms with Gasteiger partial charge in [0, 0.05) is 36.8 Å². The first-order valence-electron chi connectivity index (χ1n) is 9.83. The fourth-order valence-corrected chi connectivity index (χ4v) is 3.78. The van der Waals surface area contributed by atoms with E-state index in [2.05, 4.69) is 10.2 Å². The van der Waals surface area contributed by atoms with Crippen molar-refractivity contribution in [1.29, 1.82) is 0 Å². The van der Waals surface area contributed by atoms with Gasteiger partial charge in [0.25, 0.3) is 5.91 Å². The molecule has 1 fully saturated rings. The molecule has 0 aromatic heterocycles. The van der Waals surface area contributed by atoms with Gasteiger partial charge in [-0.1, -0.05) is 0 Å². The van der Waals surface area contributed by atoms with Gasteiger partial charge in [-0.25, -0.2) is 4.39 Å². The van der Waals surface area contributed by atoms with Crippen LogP contribution in [0.1, 0.15) is 57.8 Å². The quantitative estimate of drug-likeness (QED) is 0.829. The van der Waals surface area contributed by atoms with Crippen LogP contribution in [0.2, 0.25) is 0 Å². The van der Waals surface area contributed by atoms with E-state index in [0.29, 0.717) is 5.56 Å². The molecule has 1 aliphatic rings. The minimum Gasteiger partial charge on any atom is -0.349 e. The maximum absolute atomic E-state index is 13.0. The van der Waals surface area contributed by atoms with Crippen LogP contribution in [0.15, 0.2) is 24.3 Å². The number of piperidine rings is 1. The number of hydrogen-bond donors (Lipinski definition) is 1. The molecule has 1 N–H and O–H groups in total. The molecule has 150 valence electrons. The second-order valence-corrected chi connectivity index (χ2v) is 7.90. The van der Waals surface area contributed by atoms with Crippen molar-refractivity contribution in [3.63, 3.8) is 0 Å². The Morgan fingerprint density at radius 1 is 1.04 bits per heavy atom. The molecule has 6 heteroatoms. The van der Waals surface area contributed by atoms with Crippen LogP contribution in [0.25, 0.3) is 0 Å². The van der Waals surface area contributed by atoms with Crippen LogP contribution < -0.4 is 5.32 Å². The molecule has 1 aromatic carbocycles. The summed E-state index contributed by atoms with van der Waals surface area (Å²) in [6.45, 7) is 11.7. The highest BCUT2D eigenvalue weighted by atomic mass is 19.1. The first-order chi connectivity index (χ1) is 12.7. The normalized spacial score (nSPS) is 17.2. The summed E-state index contributed by atoms with van der Waals surface area (Å²) < 4.78 is 13.0. The van der Waals surface area contributed by atoms with E-state index in [4.69, 9.17) is 0 Å². The zero-order valence-corrected chi connectivity index (χ0v) is 17.0. The molecular weight excluding hydrogens is 345 g/mol. The molecule has 1 aliphatic heterocycles. The fourth-order valence-electron chi connectivity index (χ4n) is 3.78. The molecule has 0 bridgehead atoms. The van der Waals surface area contributed by atoms with Gasteiger partial charge in [-0.05, 0) is 71.7 Å².